The largest absolute Gasteiger partial charge is 0.492 e. The molecule has 1 saturated heterocycles. The Kier molecular flexibility index (Phi) is 6.27. The number of anilines is 5. The van der Waals surface area contributed by atoms with Crippen molar-refractivity contribution in [3.63, 3.8) is 0 Å². The molecule has 188 valence electrons. The van der Waals surface area contributed by atoms with Crippen LogP contribution in [0.5, 0.6) is 5.75 Å². The van der Waals surface area contributed by atoms with Crippen LogP contribution in [0.4, 0.5) is 28.6 Å². The van der Waals surface area contributed by atoms with E-state index in [2.05, 4.69) is 10.3 Å². The second-order valence-electron chi connectivity index (χ2n) is 9.04. The van der Waals surface area contributed by atoms with E-state index in [4.69, 9.17) is 14.9 Å². The van der Waals surface area contributed by atoms with Crippen molar-refractivity contribution in [2.45, 2.75) is 25.8 Å². The Balaban J connectivity index is 1.44. The number of piperidine rings is 1. The summed E-state index contributed by atoms with van der Waals surface area (Å²) < 4.78 is 11.3. The first-order valence-electron chi connectivity index (χ1n) is 12.1. The van der Waals surface area contributed by atoms with E-state index in [9.17, 15) is 9.59 Å². The van der Waals surface area contributed by atoms with Gasteiger partial charge >= 0.3 is 0 Å². The molecule has 0 radical (unpaired) electrons. The number of ether oxygens (including phenoxy) is 1. The van der Waals surface area contributed by atoms with Crippen molar-refractivity contribution < 1.29 is 18.7 Å². The molecule has 2 amide bonds. The number of aromatic nitrogens is 1. The molecule has 4 heterocycles. The molecule has 10 heteroatoms. The maximum absolute atomic E-state index is 13.1. The molecular formula is C26H30N6O4. The van der Waals surface area contributed by atoms with Gasteiger partial charge in [0.2, 0.25) is 5.76 Å². The van der Waals surface area contributed by atoms with Gasteiger partial charge in [0.05, 0.1) is 41.8 Å². The lowest BCUT2D eigenvalue weighted by atomic mass is 10.0. The van der Waals surface area contributed by atoms with Crippen LogP contribution in [0.25, 0.3) is 0 Å². The van der Waals surface area contributed by atoms with Gasteiger partial charge in [-0.1, -0.05) is 0 Å². The second-order valence-corrected chi connectivity index (χ2v) is 9.04. The van der Waals surface area contributed by atoms with E-state index in [1.807, 2.05) is 31.0 Å². The van der Waals surface area contributed by atoms with Crippen molar-refractivity contribution in [3.8, 4) is 5.75 Å². The third-order valence-electron chi connectivity index (χ3n) is 6.63. The Morgan fingerprint density at radius 1 is 1.19 bits per heavy atom. The van der Waals surface area contributed by atoms with Crippen molar-refractivity contribution in [1.82, 2.24) is 9.88 Å². The van der Waals surface area contributed by atoms with E-state index in [1.165, 1.54) is 11.2 Å². The third-order valence-corrected chi connectivity index (χ3v) is 6.63. The summed E-state index contributed by atoms with van der Waals surface area (Å²) in [5, 5.41) is 3.31. The smallest absolute Gasteiger partial charge is 0.296 e. The number of rotatable bonds is 5. The summed E-state index contributed by atoms with van der Waals surface area (Å²) in [4.78, 5) is 35.7. The molecule has 2 aliphatic rings. The molecule has 1 fully saturated rings. The normalized spacial score (nSPS) is 17.4. The van der Waals surface area contributed by atoms with Crippen molar-refractivity contribution in [2.75, 3.05) is 48.9 Å². The standard InChI is InChI=1S/C26H30N6O4/c1-4-35-22-12-16(25(33)32-10-5-6-17(27)15-32)7-8-18(22)29-23-13-20-21(14-28-23)31(3)26(34)24-19(30(20)2)9-11-36-24/h7-9,11-14,17H,4-6,10,15,27H2,1-3H3,(H,28,29)/t17-/m0/s1. The van der Waals surface area contributed by atoms with Gasteiger partial charge in [-0.2, -0.15) is 0 Å². The van der Waals surface area contributed by atoms with Gasteiger partial charge in [0.25, 0.3) is 11.8 Å². The highest BCUT2D eigenvalue weighted by Crippen LogP contribution is 2.41. The van der Waals surface area contributed by atoms with Gasteiger partial charge in [-0.05, 0) is 38.0 Å². The molecule has 0 spiro atoms. The summed E-state index contributed by atoms with van der Waals surface area (Å²) in [6, 6.07) is 9.01. The number of furan rings is 1. The number of nitrogens with two attached hydrogens (primary N) is 1. The molecule has 1 atom stereocenters. The summed E-state index contributed by atoms with van der Waals surface area (Å²) in [7, 11) is 3.57. The molecule has 36 heavy (non-hydrogen) atoms. The molecule has 2 aromatic heterocycles. The maximum Gasteiger partial charge on any atom is 0.296 e. The fraction of sp³-hybridized carbons (Fsp3) is 0.346. The summed E-state index contributed by atoms with van der Waals surface area (Å²) in [5.41, 5.74) is 9.43. The molecule has 5 rings (SSSR count). The van der Waals surface area contributed by atoms with Crippen LogP contribution >= 0.6 is 0 Å². The predicted octanol–water partition coefficient (Wildman–Crippen LogP) is 3.74. The summed E-state index contributed by atoms with van der Waals surface area (Å²) in [5.74, 6) is 1.11. The number of likely N-dealkylation sites (tertiary alicyclic amines) is 1. The molecule has 3 N–H and O–H groups in total. The van der Waals surface area contributed by atoms with Gasteiger partial charge in [-0.15, -0.1) is 0 Å². The van der Waals surface area contributed by atoms with Crippen molar-refractivity contribution in [2.24, 2.45) is 5.73 Å². The lowest BCUT2D eigenvalue weighted by Crippen LogP contribution is -2.45. The Bertz CT molecular complexity index is 1310. The SMILES string of the molecule is CCOc1cc(C(=O)N2CCC[C@H](N)C2)ccc1Nc1cc2c(cn1)N(C)C(=O)c1occc1N2C. The number of nitrogens with one attached hydrogen (secondary N) is 1. The summed E-state index contributed by atoms with van der Waals surface area (Å²) in [6.07, 6.45) is 5.00. The summed E-state index contributed by atoms with van der Waals surface area (Å²) in [6.45, 7) is 3.60. The maximum atomic E-state index is 13.1. The van der Waals surface area contributed by atoms with Crippen LogP contribution in [0.2, 0.25) is 0 Å². The van der Waals surface area contributed by atoms with Crippen molar-refractivity contribution in [1.29, 1.82) is 0 Å². The van der Waals surface area contributed by atoms with E-state index in [0.29, 0.717) is 53.9 Å². The highest BCUT2D eigenvalue weighted by atomic mass is 16.5. The zero-order chi connectivity index (χ0) is 25.4. The van der Waals surface area contributed by atoms with Gasteiger partial charge in [0.15, 0.2) is 0 Å². The zero-order valence-electron chi connectivity index (χ0n) is 20.7. The molecule has 0 bridgehead atoms. The number of carbonyl (C=O) groups excluding carboxylic acids is 2. The number of fused-ring (bicyclic) bond motifs is 2. The molecule has 0 aliphatic carbocycles. The minimum atomic E-state index is -0.239. The number of nitrogens with zero attached hydrogens (tertiary/aromatic N) is 4. The minimum Gasteiger partial charge on any atom is -0.492 e. The van der Waals surface area contributed by atoms with Gasteiger partial charge in [-0.3, -0.25) is 9.59 Å². The van der Waals surface area contributed by atoms with E-state index < -0.39 is 0 Å². The number of benzene rings is 1. The first-order chi connectivity index (χ1) is 17.4. The monoisotopic (exact) mass is 490 g/mol. The van der Waals surface area contributed by atoms with E-state index >= 15 is 0 Å². The van der Waals surface area contributed by atoms with Crippen molar-refractivity contribution in [3.05, 3.63) is 54.1 Å². The Morgan fingerprint density at radius 2 is 2.03 bits per heavy atom. The van der Waals surface area contributed by atoms with Crippen LogP contribution in [0.1, 0.15) is 40.7 Å². The summed E-state index contributed by atoms with van der Waals surface area (Å²) >= 11 is 0. The highest BCUT2D eigenvalue weighted by Gasteiger charge is 2.30. The predicted molar refractivity (Wildman–Crippen MR) is 138 cm³/mol. The van der Waals surface area contributed by atoms with Gasteiger partial charge < -0.3 is 34.9 Å². The third kappa shape index (κ3) is 4.24. The number of amides is 2. The van der Waals surface area contributed by atoms with Crippen LogP contribution in [0, 0.1) is 0 Å². The fourth-order valence-electron chi connectivity index (χ4n) is 4.70. The first-order valence-corrected chi connectivity index (χ1v) is 12.1. The Hall–Kier alpha value is -4.05. The molecule has 1 aromatic carbocycles. The van der Waals surface area contributed by atoms with Crippen LogP contribution in [-0.4, -0.2) is 61.5 Å². The minimum absolute atomic E-state index is 0.0138. The fourth-order valence-corrected chi connectivity index (χ4v) is 4.70. The van der Waals surface area contributed by atoms with E-state index in [1.54, 1.807) is 36.3 Å². The lowest BCUT2D eigenvalue weighted by molar-refractivity contribution is 0.0708. The zero-order valence-corrected chi connectivity index (χ0v) is 20.7. The molecule has 10 nitrogen and oxygen atoms in total. The van der Waals surface area contributed by atoms with E-state index in [0.717, 1.165) is 18.5 Å². The van der Waals surface area contributed by atoms with Crippen LogP contribution < -0.4 is 25.6 Å². The van der Waals surface area contributed by atoms with Gasteiger partial charge in [-0.25, -0.2) is 4.98 Å². The quantitative estimate of drug-likeness (QED) is 0.556. The average molecular weight is 491 g/mol. The topological polar surface area (TPSA) is 117 Å². The Labute approximate surface area is 209 Å². The number of pyridine rings is 1. The highest BCUT2D eigenvalue weighted by molar-refractivity contribution is 6.11. The second kappa shape index (κ2) is 9.54. The number of hydrogen-bond donors (Lipinski definition) is 2. The molecule has 3 aromatic rings. The van der Waals surface area contributed by atoms with Gasteiger partial charge in [0, 0.05) is 50.9 Å². The number of carbonyl (C=O) groups is 2. The average Bonchev–Trinajstić information content (AvgIpc) is 3.36. The van der Waals surface area contributed by atoms with E-state index in [-0.39, 0.29) is 23.6 Å². The molecule has 0 unspecified atom stereocenters. The van der Waals surface area contributed by atoms with Gasteiger partial charge in [0.1, 0.15) is 11.6 Å². The van der Waals surface area contributed by atoms with Crippen LogP contribution in [-0.2, 0) is 0 Å². The molecule has 0 saturated carbocycles. The number of hydrogen-bond acceptors (Lipinski definition) is 8. The lowest BCUT2D eigenvalue weighted by Gasteiger charge is -2.31. The van der Waals surface area contributed by atoms with Crippen molar-refractivity contribution >= 4 is 40.4 Å². The Morgan fingerprint density at radius 3 is 2.81 bits per heavy atom. The van der Waals surface area contributed by atoms with Crippen LogP contribution in [0.15, 0.2) is 47.2 Å². The molecule has 2 aliphatic heterocycles. The molecular weight excluding hydrogens is 460 g/mol. The first kappa shape index (κ1) is 23.7. The van der Waals surface area contributed by atoms with Crippen LogP contribution in [0.3, 0.4) is 0 Å².